The third-order valence-electron chi connectivity index (χ3n) is 4.46. The third kappa shape index (κ3) is 4.75. The fourth-order valence-corrected chi connectivity index (χ4v) is 3.41. The molecule has 0 radical (unpaired) electrons. The van der Waals surface area contributed by atoms with Crippen LogP contribution in [0.5, 0.6) is 5.75 Å². The molecule has 0 aliphatic heterocycles. The van der Waals surface area contributed by atoms with Crippen LogP contribution in [0.1, 0.15) is 18.4 Å². The normalized spacial score (nSPS) is 12.0. The zero-order valence-electron chi connectivity index (χ0n) is 16.1. The summed E-state index contributed by atoms with van der Waals surface area (Å²) in [5.41, 5.74) is 3.05. The Labute approximate surface area is 183 Å². The number of aromatic nitrogens is 1. The predicted molar refractivity (Wildman–Crippen MR) is 118 cm³/mol. The van der Waals surface area contributed by atoms with Gasteiger partial charge in [0, 0.05) is 17.1 Å². The standard InChI is InChI=1S/C23H18Cl2N2O3/c1-14(29-20-9-7-16(24)12-18(20)25)23(28)26-17-8-10-21-19(13-17)27-22(30-21)11-15-5-3-2-4-6-15/h2-10,12-14H,11H2,1H3,(H,26,28)/t14-/m0/s1. The van der Waals surface area contributed by atoms with Crippen molar-refractivity contribution in [1.82, 2.24) is 4.98 Å². The molecule has 1 heterocycles. The third-order valence-corrected chi connectivity index (χ3v) is 4.99. The number of ether oxygens (including phenoxy) is 1. The summed E-state index contributed by atoms with van der Waals surface area (Å²) < 4.78 is 11.5. The van der Waals surface area contributed by atoms with E-state index in [1.807, 2.05) is 30.3 Å². The summed E-state index contributed by atoms with van der Waals surface area (Å²) in [5, 5.41) is 3.67. The highest BCUT2D eigenvalue weighted by Gasteiger charge is 2.17. The molecular formula is C23H18Cl2N2O3. The number of hydrogen-bond donors (Lipinski definition) is 1. The number of halogens is 2. The fraction of sp³-hybridized carbons (Fsp3) is 0.130. The number of carbonyl (C=O) groups is 1. The van der Waals surface area contributed by atoms with Crippen molar-refractivity contribution in [2.75, 3.05) is 5.32 Å². The number of benzene rings is 3. The van der Waals surface area contributed by atoms with Crippen LogP contribution in [-0.4, -0.2) is 17.0 Å². The van der Waals surface area contributed by atoms with Crippen LogP contribution < -0.4 is 10.1 Å². The topological polar surface area (TPSA) is 64.4 Å². The second-order valence-corrected chi connectivity index (χ2v) is 7.62. The fourth-order valence-electron chi connectivity index (χ4n) is 2.96. The summed E-state index contributed by atoms with van der Waals surface area (Å²) in [7, 11) is 0. The molecule has 7 heteroatoms. The van der Waals surface area contributed by atoms with Crippen LogP contribution in [0.2, 0.25) is 10.0 Å². The first-order valence-electron chi connectivity index (χ1n) is 9.34. The minimum absolute atomic E-state index is 0.312. The van der Waals surface area contributed by atoms with E-state index in [1.165, 1.54) is 0 Å². The van der Waals surface area contributed by atoms with Gasteiger partial charge < -0.3 is 14.5 Å². The highest BCUT2D eigenvalue weighted by Crippen LogP contribution is 2.28. The maximum Gasteiger partial charge on any atom is 0.265 e. The molecule has 1 aromatic heterocycles. The lowest BCUT2D eigenvalue weighted by Gasteiger charge is -2.15. The first kappa shape index (κ1) is 20.3. The van der Waals surface area contributed by atoms with Gasteiger partial charge in [-0.15, -0.1) is 0 Å². The molecule has 0 spiro atoms. The van der Waals surface area contributed by atoms with Crippen LogP contribution in [0.4, 0.5) is 5.69 Å². The van der Waals surface area contributed by atoms with E-state index in [4.69, 9.17) is 32.4 Å². The van der Waals surface area contributed by atoms with Gasteiger partial charge in [0.2, 0.25) is 0 Å². The number of carbonyl (C=O) groups excluding carboxylic acids is 1. The van der Waals surface area contributed by atoms with Crippen molar-refractivity contribution < 1.29 is 13.9 Å². The Bertz CT molecular complexity index is 1190. The van der Waals surface area contributed by atoms with Crippen molar-refractivity contribution in [2.45, 2.75) is 19.4 Å². The van der Waals surface area contributed by atoms with Crippen molar-refractivity contribution in [3.63, 3.8) is 0 Å². The van der Waals surface area contributed by atoms with Crippen LogP contribution >= 0.6 is 23.2 Å². The summed E-state index contributed by atoms with van der Waals surface area (Å²) >= 11 is 12.0. The first-order valence-corrected chi connectivity index (χ1v) is 10.1. The average molecular weight is 441 g/mol. The van der Waals surface area contributed by atoms with Gasteiger partial charge in [0.05, 0.1) is 5.02 Å². The van der Waals surface area contributed by atoms with E-state index < -0.39 is 6.10 Å². The van der Waals surface area contributed by atoms with Gasteiger partial charge in [-0.1, -0.05) is 53.5 Å². The molecule has 0 aliphatic carbocycles. The van der Waals surface area contributed by atoms with Crippen LogP contribution in [0.3, 0.4) is 0 Å². The number of fused-ring (bicyclic) bond motifs is 1. The van der Waals surface area contributed by atoms with Gasteiger partial charge in [0.15, 0.2) is 17.6 Å². The van der Waals surface area contributed by atoms with Crippen molar-refractivity contribution in [1.29, 1.82) is 0 Å². The lowest BCUT2D eigenvalue weighted by atomic mass is 10.1. The number of oxazole rings is 1. The Morgan fingerprint density at radius 1 is 1.10 bits per heavy atom. The van der Waals surface area contributed by atoms with Gasteiger partial charge in [-0.2, -0.15) is 0 Å². The molecule has 1 N–H and O–H groups in total. The second kappa shape index (κ2) is 8.78. The number of nitrogens with zero attached hydrogens (tertiary/aromatic N) is 1. The van der Waals surface area contributed by atoms with Gasteiger partial charge in [-0.25, -0.2) is 4.98 Å². The minimum atomic E-state index is -0.759. The van der Waals surface area contributed by atoms with Crippen LogP contribution in [0.15, 0.2) is 71.1 Å². The number of nitrogens with one attached hydrogen (secondary N) is 1. The second-order valence-electron chi connectivity index (χ2n) is 6.78. The maximum atomic E-state index is 12.5. The van der Waals surface area contributed by atoms with E-state index >= 15 is 0 Å². The van der Waals surface area contributed by atoms with E-state index in [0.717, 1.165) is 5.56 Å². The van der Waals surface area contributed by atoms with Crippen molar-refractivity contribution in [3.8, 4) is 5.75 Å². The minimum Gasteiger partial charge on any atom is -0.479 e. The molecule has 5 nitrogen and oxygen atoms in total. The molecule has 30 heavy (non-hydrogen) atoms. The molecule has 0 unspecified atom stereocenters. The summed E-state index contributed by atoms with van der Waals surface area (Å²) in [6.45, 7) is 1.65. The molecule has 0 saturated heterocycles. The largest absolute Gasteiger partial charge is 0.479 e. The maximum absolute atomic E-state index is 12.5. The Kier molecular flexibility index (Phi) is 5.93. The molecular weight excluding hydrogens is 423 g/mol. The summed E-state index contributed by atoms with van der Waals surface area (Å²) in [4.78, 5) is 17.1. The summed E-state index contributed by atoms with van der Waals surface area (Å²) in [6.07, 6.45) is -0.158. The molecule has 0 bridgehead atoms. The van der Waals surface area contributed by atoms with Gasteiger partial charge in [-0.3, -0.25) is 4.79 Å². The first-order chi connectivity index (χ1) is 14.5. The number of hydrogen-bond acceptors (Lipinski definition) is 4. The molecule has 0 fully saturated rings. The molecule has 4 rings (SSSR count). The Morgan fingerprint density at radius 3 is 2.67 bits per heavy atom. The lowest BCUT2D eigenvalue weighted by Crippen LogP contribution is -2.30. The Balaban J connectivity index is 1.44. The SMILES string of the molecule is C[C@H](Oc1ccc(Cl)cc1Cl)C(=O)Nc1ccc2oc(Cc3ccccc3)nc2c1. The van der Waals surface area contributed by atoms with E-state index in [1.54, 1.807) is 43.3 Å². The number of rotatable bonds is 6. The van der Waals surface area contributed by atoms with E-state index in [0.29, 0.717) is 44.9 Å². The Morgan fingerprint density at radius 2 is 1.90 bits per heavy atom. The molecule has 1 amide bonds. The number of anilines is 1. The summed E-state index contributed by atoms with van der Waals surface area (Å²) in [6, 6.07) is 20.1. The lowest BCUT2D eigenvalue weighted by molar-refractivity contribution is -0.122. The summed E-state index contributed by atoms with van der Waals surface area (Å²) in [5.74, 6) is 0.698. The van der Waals surface area contributed by atoms with Crippen LogP contribution in [-0.2, 0) is 11.2 Å². The van der Waals surface area contributed by atoms with E-state index in [2.05, 4.69) is 10.3 Å². The van der Waals surface area contributed by atoms with Gasteiger partial charge in [-0.05, 0) is 48.9 Å². The number of amides is 1. The van der Waals surface area contributed by atoms with Gasteiger partial charge in [0.1, 0.15) is 11.3 Å². The highest BCUT2D eigenvalue weighted by atomic mass is 35.5. The van der Waals surface area contributed by atoms with Crippen molar-refractivity contribution >= 4 is 45.9 Å². The zero-order valence-corrected chi connectivity index (χ0v) is 17.6. The van der Waals surface area contributed by atoms with Gasteiger partial charge >= 0.3 is 0 Å². The highest BCUT2D eigenvalue weighted by molar-refractivity contribution is 6.35. The van der Waals surface area contributed by atoms with Crippen molar-refractivity contribution in [3.05, 3.63) is 88.2 Å². The average Bonchev–Trinajstić information content (AvgIpc) is 3.12. The van der Waals surface area contributed by atoms with E-state index in [9.17, 15) is 4.79 Å². The zero-order chi connectivity index (χ0) is 21.1. The molecule has 0 aliphatic rings. The smallest absolute Gasteiger partial charge is 0.265 e. The predicted octanol–water partition coefficient (Wildman–Crippen LogP) is 6.13. The van der Waals surface area contributed by atoms with Crippen LogP contribution in [0, 0.1) is 0 Å². The van der Waals surface area contributed by atoms with Gasteiger partial charge in [0.25, 0.3) is 5.91 Å². The van der Waals surface area contributed by atoms with Crippen molar-refractivity contribution in [2.24, 2.45) is 0 Å². The molecule has 1 atom stereocenters. The quantitative estimate of drug-likeness (QED) is 0.391. The Hall–Kier alpha value is -3.02. The molecule has 152 valence electrons. The molecule has 3 aromatic carbocycles. The molecule has 0 saturated carbocycles. The molecule has 4 aromatic rings. The monoisotopic (exact) mass is 440 g/mol. The van der Waals surface area contributed by atoms with E-state index in [-0.39, 0.29) is 5.91 Å². The van der Waals surface area contributed by atoms with Crippen LogP contribution in [0.25, 0.3) is 11.1 Å².